The zero-order valence-corrected chi connectivity index (χ0v) is 7.98. The molecule has 0 aliphatic heterocycles. The van der Waals surface area contributed by atoms with E-state index in [0.717, 1.165) is 5.39 Å². The lowest BCUT2D eigenvalue weighted by Crippen LogP contribution is -1.76. The van der Waals surface area contributed by atoms with Gasteiger partial charge in [-0.2, -0.15) is 0 Å². The zero-order chi connectivity index (χ0) is 7.68. The number of rotatable bonds is 0. The summed E-state index contributed by atoms with van der Waals surface area (Å²) in [5, 5.41) is 10.3. The number of phenolic OH excluding ortho intramolecular Hbond substituents is 1. The molecule has 0 amide bonds. The Hall–Kier alpha value is -0.804. The summed E-state index contributed by atoms with van der Waals surface area (Å²) >= 11 is 0. The Morgan fingerprint density at radius 3 is 2.58 bits per heavy atom. The van der Waals surface area contributed by atoms with E-state index in [1.807, 2.05) is 18.2 Å². The normalized spacial score (nSPS) is 9.33. The van der Waals surface area contributed by atoms with Gasteiger partial charge >= 0.3 is 0 Å². The van der Waals surface area contributed by atoms with E-state index in [1.54, 1.807) is 18.3 Å². The Balaban J connectivity index is 0.000000720. The van der Waals surface area contributed by atoms with Gasteiger partial charge in [0.05, 0.1) is 0 Å². The molecule has 0 aliphatic rings. The molecule has 0 unspecified atom stereocenters. The smallest absolute Gasteiger partial charge is 0.141 e. The average Bonchev–Trinajstić information content (AvgIpc) is 2.06. The molecule has 2 aromatic rings. The van der Waals surface area contributed by atoms with Crippen LogP contribution in [0.4, 0.5) is 0 Å². The minimum Gasteiger partial charge on any atom is -0.506 e. The number of pyridine rings is 1. The number of phenols is 1. The highest BCUT2D eigenvalue weighted by Crippen LogP contribution is 2.20. The lowest BCUT2D eigenvalue weighted by Gasteiger charge is -1.96. The van der Waals surface area contributed by atoms with Crippen LogP contribution in [0.15, 0.2) is 36.5 Å². The first-order chi connectivity index (χ1) is 5.38. The maximum absolute atomic E-state index is 9.31. The number of fused-ring (bicyclic) bond motifs is 1. The van der Waals surface area contributed by atoms with Gasteiger partial charge in [0.1, 0.15) is 11.3 Å². The first-order valence-electron chi connectivity index (χ1n) is 3.40. The molecule has 0 saturated heterocycles. The number of nitrogens with zero attached hydrogens (tertiary/aromatic N) is 1. The van der Waals surface area contributed by atoms with Crippen molar-refractivity contribution in [2.75, 3.05) is 0 Å². The van der Waals surface area contributed by atoms with Crippen molar-refractivity contribution in [3.8, 4) is 5.75 Å². The van der Waals surface area contributed by atoms with Crippen molar-refractivity contribution < 1.29 is 5.11 Å². The summed E-state index contributed by atoms with van der Waals surface area (Å²) in [5.74, 6) is 0.239. The molecule has 1 heterocycles. The number of aromatic hydroxyl groups is 1. The van der Waals surface area contributed by atoms with Crippen molar-refractivity contribution in [3.05, 3.63) is 36.5 Å². The van der Waals surface area contributed by atoms with Crippen molar-refractivity contribution in [2.45, 2.75) is 0 Å². The van der Waals surface area contributed by atoms with Crippen LogP contribution in [0.25, 0.3) is 10.9 Å². The van der Waals surface area contributed by atoms with E-state index in [0.29, 0.717) is 5.52 Å². The van der Waals surface area contributed by atoms with Crippen LogP contribution in [0.2, 0.25) is 0 Å². The van der Waals surface area contributed by atoms with E-state index >= 15 is 0 Å². The van der Waals surface area contributed by atoms with Crippen LogP contribution in [-0.2, 0) is 0 Å². The second-order valence-electron chi connectivity index (χ2n) is 2.35. The molecule has 1 aromatic heterocycles. The Morgan fingerprint density at radius 1 is 1.08 bits per heavy atom. The molecule has 0 spiro atoms. The SMILES string of the molecule is Oc1cccc2cccnc12.[Mg]. The Bertz CT molecular complexity index is 384. The number of hydrogen-bond acceptors (Lipinski definition) is 2. The van der Waals surface area contributed by atoms with E-state index in [-0.39, 0.29) is 28.8 Å². The minimum absolute atomic E-state index is 0. The van der Waals surface area contributed by atoms with E-state index in [1.165, 1.54) is 0 Å². The van der Waals surface area contributed by atoms with Crippen molar-refractivity contribution in [1.29, 1.82) is 0 Å². The third kappa shape index (κ3) is 1.51. The lowest BCUT2D eigenvalue weighted by atomic mass is 10.2. The molecule has 0 fully saturated rings. The van der Waals surface area contributed by atoms with Gasteiger partial charge in [-0.25, -0.2) is 0 Å². The summed E-state index contributed by atoms with van der Waals surface area (Å²) in [7, 11) is 0. The van der Waals surface area contributed by atoms with Crippen LogP contribution in [0.3, 0.4) is 0 Å². The maximum atomic E-state index is 9.31. The minimum atomic E-state index is 0. The van der Waals surface area contributed by atoms with Crippen LogP contribution in [-0.4, -0.2) is 33.1 Å². The van der Waals surface area contributed by atoms with Crippen LogP contribution < -0.4 is 0 Å². The third-order valence-electron chi connectivity index (χ3n) is 1.61. The Labute approximate surface area is 86.4 Å². The molecule has 2 radical (unpaired) electrons. The quantitative estimate of drug-likeness (QED) is 0.607. The van der Waals surface area contributed by atoms with Crippen LogP contribution >= 0.6 is 0 Å². The van der Waals surface area contributed by atoms with Gasteiger partial charge in [0, 0.05) is 34.6 Å². The zero-order valence-electron chi connectivity index (χ0n) is 6.57. The van der Waals surface area contributed by atoms with E-state index < -0.39 is 0 Å². The molecule has 2 nitrogen and oxygen atoms in total. The van der Waals surface area contributed by atoms with Crippen LogP contribution in [0.5, 0.6) is 5.75 Å². The third-order valence-corrected chi connectivity index (χ3v) is 1.61. The van der Waals surface area contributed by atoms with Gasteiger partial charge in [0.15, 0.2) is 0 Å². The fourth-order valence-corrected chi connectivity index (χ4v) is 1.09. The number of benzene rings is 1. The maximum Gasteiger partial charge on any atom is 0.141 e. The van der Waals surface area contributed by atoms with Gasteiger partial charge in [-0.15, -0.1) is 0 Å². The second-order valence-corrected chi connectivity index (χ2v) is 2.35. The largest absolute Gasteiger partial charge is 0.506 e. The summed E-state index contributed by atoms with van der Waals surface area (Å²) in [6.07, 6.45) is 1.67. The highest BCUT2D eigenvalue weighted by molar-refractivity contribution is 5.83. The molecular weight excluding hydrogens is 162 g/mol. The molecule has 3 heteroatoms. The van der Waals surface area contributed by atoms with Crippen molar-refractivity contribution in [1.82, 2.24) is 4.98 Å². The van der Waals surface area contributed by atoms with Gasteiger partial charge < -0.3 is 5.11 Å². The fraction of sp³-hybridized carbons (Fsp3) is 0. The molecule has 2 rings (SSSR count). The molecule has 0 aliphatic carbocycles. The predicted molar refractivity (Wildman–Crippen MR) is 49.2 cm³/mol. The Morgan fingerprint density at radius 2 is 1.83 bits per heavy atom. The van der Waals surface area contributed by atoms with Crippen LogP contribution in [0.1, 0.15) is 0 Å². The average molecular weight is 169 g/mol. The van der Waals surface area contributed by atoms with Gasteiger partial charge in [-0.3, -0.25) is 4.98 Å². The van der Waals surface area contributed by atoms with Gasteiger partial charge in [-0.1, -0.05) is 18.2 Å². The topological polar surface area (TPSA) is 33.1 Å². The molecular formula is C9H7MgNO. The monoisotopic (exact) mass is 169 g/mol. The van der Waals surface area contributed by atoms with E-state index in [4.69, 9.17) is 0 Å². The summed E-state index contributed by atoms with van der Waals surface area (Å²) in [4.78, 5) is 4.03. The molecule has 56 valence electrons. The molecule has 0 atom stereocenters. The Kier molecular flexibility index (Phi) is 2.89. The fourth-order valence-electron chi connectivity index (χ4n) is 1.09. The predicted octanol–water partition coefficient (Wildman–Crippen LogP) is 1.56. The van der Waals surface area contributed by atoms with Gasteiger partial charge in [0.25, 0.3) is 0 Å². The molecule has 12 heavy (non-hydrogen) atoms. The summed E-state index contributed by atoms with van der Waals surface area (Å²) in [5.41, 5.74) is 0.662. The molecule has 1 aromatic carbocycles. The summed E-state index contributed by atoms with van der Waals surface area (Å²) in [6, 6.07) is 9.13. The van der Waals surface area contributed by atoms with Crippen molar-refractivity contribution in [2.24, 2.45) is 0 Å². The van der Waals surface area contributed by atoms with Gasteiger partial charge in [-0.05, 0) is 12.1 Å². The highest BCUT2D eigenvalue weighted by Gasteiger charge is 1.96. The first-order valence-corrected chi connectivity index (χ1v) is 3.40. The first kappa shape index (κ1) is 9.29. The lowest BCUT2D eigenvalue weighted by molar-refractivity contribution is 0.480. The van der Waals surface area contributed by atoms with Crippen molar-refractivity contribution >= 4 is 34.0 Å². The van der Waals surface area contributed by atoms with E-state index in [9.17, 15) is 5.11 Å². The number of aromatic nitrogens is 1. The van der Waals surface area contributed by atoms with E-state index in [2.05, 4.69) is 4.98 Å². The second kappa shape index (κ2) is 3.73. The highest BCUT2D eigenvalue weighted by atomic mass is 24.3. The molecule has 1 N–H and O–H groups in total. The summed E-state index contributed by atoms with van der Waals surface area (Å²) in [6.45, 7) is 0. The van der Waals surface area contributed by atoms with Crippen LogP contribution in [0, 0.1) is 0 Å². The molecule has 0 bridgehead atoms. The standard InChI is InChI=1S/C9H7NO.Mg/c11-8-5-1-3-7-4-2-6-10-9(7)8;/h1-6,11H;. The summed E-state index contributed by atoms with van der Waals surface area (Å²) < 4.78 is 0. The van der Waals surface area contributed by atoms with Crippen molar-refractivity contribution in [3.63, 3.8) is 0 Å². The number of hydrogen-bond donors (Lipinski definition) is 1. The molecule has 0 saturated carbocycles. The number of para-hydroxylation sites is 1. The van der Waals surface area contributed by atoms with Gasteiger partial charge in [0.2, 0.25) is 0 Å².